The summed E-state index contributed by atoms with van der Waals surface area (Å²) in [6.07, 6.45) is 2.32. The lowest BCUT2D eigenvalue weighted by molar-refractivity contribution is 0.0944. The number of benzene rings is 1. The minimum absolute atomic E-state index is 0.0726. The van der Waals surface area contributed by atoms with E-state index in [0.717, 1.165) is 30.1 Å². The normalized spacial score (nSPS) is 16.6. The highest BCUT2D eigenvalue weighted by atomic mass is 32.1. The predicted octanol–water partition coefficient (Wildman–Crippen LogP) is 4.24. The first kappa shape index (κ1) is 22.3. The van der Waals surface area contributed by atoms with Crippen molar-refractivity contribution in [1.82, 2.24) is 15.2 Å². The standard InChI is InChI=1S/C23H30N4O2S/c1-5-27-10-6-7-19(27)13-25-22(28)21-16(4)26-23(30-21)17-8-9-20(18(11-17)12-24)29-14-15(2)3/h8-9,11,15,19H,5-7,10,13-14H2,1-4H3,(H,25,28)/t19-/m0/s1. The molecule has 2 heterocycles. The number of hydrogen-bond donors (Lipinski definition) is 1. The number of carbonyl (C=O) groups is 1. The third-order valence-electron chi connectivity index (χ3n) is 5.33. The minimum atomic E-state index is -0.0726. The summed E-state index contributed by atoms with van der Waals surface area (Å²) in [6, 6.07) is 8.12. The molecular formula is C23H30N4O2S. The Balaban J connectivity index is 1.72. The molecule has 1 amide bonds. The molecule has 1 atom stereocenters. The first-order chi connectivity index (χ1) is 14.4. The molecular weight excluding hydrogens is 396 g/mol. The first-order valence-electron chi connectivity index (χ1n) is 10.6. The van der Waals surface area contributed by atoms with E-state index in [1.54, 1.807) is 6.07 Å². The monoisotopic (exact) mass is 426 g/mol. The number of ether oxygens (including phenoxy) is 1. The first-order valence-corrected chi connectivity index (χ1v) is 11.4. The molecule has 1 aromatic heterocycles. The smallest absolute Gasteiger partial charge is 0.263 e. The second-order valence-electron chi connectivity index (χ2n) is 8.10. The van der Waals surface area contributed by atoms with Gasteiger partial charge in [0.1, 0.15) is 21.7 Å². The zero-order valence-electron chi connectivity index (χ0n) is 18.2. The van der Waals surface area contributed by atoms with E-state index in [1.165, 1.54) is 17.8 Å². The highest BCUT2D eigenvalue weighted by molar-refractivity contribution is 7.17. The largest absolute Gasteiger partial charge is 0.492 e. The molecule has 2 aromatic rings. The van der Waals surface area contributed by atoms with Gasteiger partial charge in [0.25, 0.3) is 5.91 Å². The number of likely N-dealkylation sites (N-methyl/N-ethyl adjacent to an activating group) is 1. The summed E-state index contributed by atoms with van der Waals surface area (Å²) in [5.74, 6) is 0.891. The lowest BCUT2D eigenvalue weighted by atomic mass is 10.1. The maximum Gasteiger partial charge on any atom is 0.263 e. The van der Waals surface area contributed by atoms with Crippen LogP contribution in [0.5, 0.6) is 5.75 Å². The van der Waals surface area contributed by atoms with Gasteiger partial charge < -0.3 is 10.1 Å². The van der Waals surface area contributed by atoms with Crippen molar-refractivity contribution in [3.63, 3.8) is 0 Å². The van der Waals surface area contributed by atoms with Crippen LogP contribution in [0.25, 0.3) is 10.6 Å². The Morgan fingerprint density at radius 1 is 1.47 bits per heavy atom. The van der Waals surface area contributed by atoms with Crippen molar-refractivity contribution in [3.05, 3.63) is 34.3 Å². The van der Waals surface area contributed by atoms with Crippen LogP contribution in [0.1, 0.15) is 54.5 Å². The second kappa shape index (κ2) is 10.1. The van der Waals surface area contributed by atoms with Crippen LogP contribution in [0.2, 0.25) is 0 Å². The molecule has 1 N–H and O–H groups in total. The van der Waals surface area contributed by atoms with Crippen molar-refractivity contribution >= 4 is 17.2 Å². The quantitative estimate of drug-likeness (QED) is 0.683. The van der Waals surface area contributed by atoms with Gasteiger partial charge in [-0.05, 0) is 57.0 Å². The summed E-state index contributed by atoms with van der Waals surface area (Å²) in [6.45, 7) is 11.5. The minimum Gasteiger partial charge on any atom is -0.492 e. The lowest BCUT2D eigenvalue weighted by Gasteiger charge is -2.22. The molecule has 0 radical (unpaired) electrons. The number of thiazole rings is 1. The molecule has 1 fully saturated rings. The van der Waals surface area contributed by atoms with Gasteiger partial charge in [0, 0.05) is 18.2 Å². The topological polar surface area (TPSA) is 78.3 Å². The van der Waals surface area contributed by atoms with Gasteiger partial charge in [-0.15, -0.1) is 11.3 Å². The van der Waals surface area contributed by atoms with Crippen LogP contribution in [0.3, 0.4) is 0 Å². The molecule has 1 aliphatic heterocycles. The summed E-state index contributed by atoms with van der Waals surface area (Å²) in [4.78, 5) is 20.4. The fourth-order valence-corrected chi connectivity index (χ4v) is 4.68. The number of nitrogens with one attached hydrogen (secondary N) is 1. The van der Waals surface area contributed by atoms with Crippen LogP contribution in [0.4, 0.5) is 0 Å². The fraction of sp³-hybridized carbons (Fsp3) is 0.522. The number of hydrogen-bond acceptors (Lipinski definition) is 6. The average molecular weight is 427 g/mol. The van der Waals surface area contributed by atoms with Crippen molar-refractivity contribution in [2.45, 2.75) is 46.6 Å². The number of likely N-dealkylation sites (tertiary alicyclic amines) is 1. The third kappa shape index (κ3) is 5.18. The van der Waals surface area contributed by atoms with E-state index >= 15 is 0 Å². The Morgan fingerprint density at radius 2 is 2.27 bits per heavy atom. The van der Waals surface area contributed by atoms with Gasteiger partial charge in [0.15, 0.2) is 0 Å². The van der Waals surface area contributed by atoms with Gasteiger partial charge in [-0.25, -0.2) is 4.98 Å². The maximum absolute atomic E-state index is 12.8. The van der Waals surface area contributed by atoms with E-state index in [2.05, 4.69) is 42.0 Å². The molecule has 1 aromatic carbocycles. The Morgan fingerprint density at radius 3 is 2.97 bits per heavy atom. The molecule has 3 rings (SSSR count). The van der Waals surface area contributed by atoms with Gasteiger partial charge in [-0.2, -0.15) is 5.26 Å². The summed E-state index contributed by atoms with van der Waals surface area (Å²) in [5, 5.41) is 13.3. The Labute approximate surface area is 182 Å². The number of nitrogens with zero attached hydrogens (tertiary/aromatic N) is 3. The fourth-order valence-electron chi connectivity index (χ4n) is 3.70. The molecule has 0 saturated carbocycles. The molecule has 160 valence electrons. The van der Waals surface area contributed by atoms with E-state index in [0.29, 0.717) is 47.0 Å². The number of amides is 1. The molecule has 30 heavy (non-hydrogen) atoms. The zero-order valence-corrected chi connectivity index (χ0v) is 19.0. The Kier molecular flexibility index (Phi) is 7.46. The average Bonchev–Trinajstić information content (AvgIpc) is 3.36. The second-order valence-corrected chi connectivity index (χ2v) is 9.09. The molecule has 0 aliphatic carbocycles. The van der Waals surface area contributed by atoms with Crippen molar-refractivity contribution in [2.75, 3.05) is 26.2 Å². The van der Waals surface area contributed by atoms with Crippen LogP contribution in [-0.4, -0.2) is 48.1 Å². The molecule has 6 nitrogen and oxygen atoms in total. The molecule has 7 heteroatoms. The van der Waals surface area contributed by atoms with E-state index in [1.807, 2.05) is 19.1 Å². The zero-order chi connectivity index (χ0) is 21.7. The van der Waals surface area contributed by atoms with Gasteiger partial charge in [-0.3, -0.25) is 9.69 Å². The maximum atomic E-state index is 12.8. The third-order valence-corrected chi connectivity index (χ3v) is 6.53. The number of carbonyl (C=O) groups excluding carboxylic acids is 1. The summed E-state index contributed by atoms with van der Waals surface area (Å²) >= 11 is 1.37. The number of aryl methyl sites for hydroxylation is 1. The van der Waals surface area contributed by atoms with E-state index in [-0.39, 0.29) is 5.91 Å². The molecule has 0 bridgehead atoms. The van der Waals surface area contributed by atoms with E-state index in [4.69, 9.17) is 4.74 Å². The SMILES string of the molecule is CCN1CCC[C@H]1CNC(=O)c1sc(-c2ccc(OCC(C)C)c(C#N)c2)nc1C. The van der Waals surface area contributed by atoms with Crippen molar-refractivity contribution in [3.8, 4) is 22.4 Å². The van der Waals surface area contributed by atoms with Crippen LogP contribution in [0, 0.1) is 24.2 Å². The van der Waals surface area contributed by atoms with Crippen LogP contribution in [0.15, 0.2) is 18.2 Å². The van der Waals surface area contributed by atoms with E-state index < -0.39 is 0 Å². The van der Waals surface area contributed by atoms with Gasteiger partial charge in [0.2, 0.25) is 0 Å². The van der Waals surface area contributed by atoms with Crippen molar-refractivity contribution < 1.29 is 9.53 Å². The molecule has 0 spiro atoms. The number of nitriles is 1. The molecule has 1 saturated heterocycles. The Hall–Kier alpha value is -2.43. The van der Waals surface area contributed by atoms with Crippen molar-refractivity contribution in [1.29, 1.82) is 5.26 Å². The number of rotatable bonds is 8. The highest BCUT2D eigenvalue weighted by Crippen LogP contribution is 2.31. The lowest BCUT2D eigenvalue weighted by Crippen LogP contribution is -2.39. The van der Waals surface area contributed by atoms with Crippen LogP contribution >= 0.6 is 11.3 Å². The van der Waals surface area contributed by atoms with Gasteiger partial charge in [-0.1, -0.05) is 20.8 Å². The van der Waals surface area contributed by atoms with Gasteiger partial charge in [0.05, 0.1) is 17.9 Å². The predicted molar refractivity (Wildman–Crippen MR) is 120 cm³/mol. The van der Waals surface area contributed by atoms with Crippen LogP contribution < -0.4 is 10.1 Å². The van der Waals surface area contributed by atoms with Crippen molar-refractivity contribution in [2.24, 2.45) is 5.92 Å². The van der Waals surface area contributed by atoms with Gasteiger partial charge >= 0.3 is 0 Å². The molecule has 1 aliphatic rings. The summed E-state index contributed by atoms with van der Waals surface area (Å²) < 4.78 is 5.74. The van der Waals surface area contributed by atoms with E-state index in [9.17, 15) is 10.1 Å². The number of aromatic nitrogens is 1. The molecule has 0 unspecified atom stereocenters. The summed E-state index contributed by atoms with van der Waals surface area (Å²) in [7, 11) is 0. The van der Waals surface area contributed by atoms with Crippen LogP contribution in [-0.2, 0) is 0 Å². The Bertz CT molecular complexity index is 932. The highest BCUT2D eigenvalue weighted by Gasteiger charge is 2.24. The summed E-state index contributed by atoms with van der Waals surface area (Å²) in [5.41, 5.74) is 2.02.